The van der Waals surface area contributed by atoms with Crippen molar-refractivity contribution < 1.29 is 40.2 Å². The molecule has 0 aromatic carbocycles. The van der Waals surface area contributed by atoms with E-state index in [4.69, 9.17) is 9.05 Å². The fraction of sp³-hybridized carbons (Fsp3) is 1.00. The molecule has 132 valence electrons. The molecule has 0 unspecified atom stereocenters. The van der Waals surface area contributed by atoms with Gasteiger partial charge in [-0.2, -0.15) is 0 Å². The van der Waals surface area contributed by atoms with Crippen LogP contribution in [0.3, 0.4) is 0 Å². The van der Waals surface area contributed by atoms with Crippen LogP contribution in [0.25, 0.3) is 0 Å². The van der Waals surface area contributed by atoms with E-state index in [1.54, 1.807) is 0 Å². The van der Waals surface area contributed by atoms with Crippen molar-refractivity contribution in [1.82, 2.24) is 0 Å². The minimum absolute atomic E-state index is 0. The zero-order chi connectivity index (χ0) is 15.8. The van der Waals surface area contributed by atoms with Crippen molar-refractivity contribution in [3.63, 3.8) is 0 Å². The van der Waals surface area contributed by atoms with E-state index in [-0.39, 0.29) is 21.7 Å². The molecule has 0 aliphatic heterocycles. The Kier molecular flexibility index (Phi) is 20.7. The second-order valence-electron chi connectivity index (χ2n) is 5.67. The van der Waals surface area contributed by atoms with Crippen LogP contribution in [0.15, 0.2) is 0 Å². The Hall–Kier alpha value is 0.824. The van der Waals surface area contributed by atoms with Crippen LogP contribution in [0.1, 0.15) is 90.9 Å². The van der Waals surface area contributed by atoms with Crippen molar-refractivity contribution in [3.05, 3.63) is 0 Å². The van der Waals surface area contributed by atoms with E-state index in [1.807, 2.05) is 0 Å². The van der Waals surface area contributed by atoms with Gasteiger partial charge in [-0.15, -0.1) is 0 Å². The Bertz CT molecular complexity index is 243. The van der Waals surface area contributed by atoms with Gasteiger partial charge in [0.15, 0.2) is 0 Å². The molecular formula is C16H35O4PTi. The van der Waals surface area contributed by atoms with Crippen LogP contribution in [0.4, 0.5) is 0 Å². The summed E-state index contributed by atoms with van der Waals surface area (Å²) in [7, 11) is -3.82. The average molecular weight is 370 g/mol. The SMILES string of the molecule is CCCCCCCCOP(=O)(O)OCCCCCCCC.[Ti]. The molecule has 0 amide bonds. The molecule has 0 fully saturated rings. The van der Waals surface area contributed by atoms with Crippen molar-refractivity contribution in [2.75, 3.05) is 13.2 Å². The van der Waals surface area contributed by atoms with Crippen molar-refractivity contribution in [2.45, 2.75) is 90.9 Å². The van der Waals surface area contributed by atoms with Gasteiger partial charge in [0.2, 0.25) is 0 Å². The van der Waals surface area contributed by atoms with Gasteiger partial charge in [-0.05, 0) is 12.8 Å². The van der Waals surface area contributed by atoms with Gasteiger partial charge in [-0.25, -0.2) is 4.57 Å². The summed E-state index contributed by atoms with van der Waals surface area (Å²) in [4.78, 5) is 9.51. The van der Waals surface area contributed by atoms with Crippen LogP contribution < -0.4 is 0 Å². The zero-order valence-electron chi connectivity index (χ0n) is 14.5. The maximum Gasteiger partial charge on any atom is 0.472 e. The van der Waals surface area contributed by atoms with Gasteiger partial charge in [-0.3, -0.25) is 9.05 Å². The molecule has 0 rings (SSSR count). The van der Waals surface area contributed by atoms with E-state index < -0.39 is 7.82 Å². The first-order valence-electron chi connectivity index (χ1n) is 8.74. The summed E-state index contributed by atoms with van der Waals surface area (Å²) in [6.07, 6.45) is 13.6. The Morgan fingerprint density at radius 2 is 1.00 bits per heavy atom. The molecule has 0 aliphatic carbocycles. The predicted molar refractivity (Wildman–Crippen MR) is 88.5 cm³/mol. The second-order valence-corrected chi connectivity index (χ2v) is 7.12. The molecule has 0 spiro atoms. The molecule has 22 heavy (non-hydrogen) atoms. The largest absolute Gasteiger partial charge is 0.472 e. The van der Waals surface area contributed by atoms with Crippen LogP contribution in [-0.4, -0.2) is 18.1 Å². The summed E-state index contributed by atoms with van der Waals surface area (Å²) >= 11 is 0. The number of phosphoric ester groups is 1. The van der Waals surface area contributed by atoms with E-state index in [0.717, 1.165) is 25.7 Å². The molecule has 6 heteroatoms. The molecule has 0 aliphatic rings. The van der Waals surface area contributed by atoms with E-state index in [9.17, 15) is 9.46 Å². The third-order valence-electron chi connectivity index (χ3n) is 3.50. The molecular weight excluding hydrogens is 335 g/mol. The Balaban J connectivity index is 0. The first-order chi connectivity index (χ1) is 10.1. The average Bonchev–Trinajstić information content (AvgIpc) is 2.45. The van der Waals surface area contributed by atoms with E-state index in [1.165, 1.54) is 51.4 Å². The smallest absolute Gasteiger partial charge is 0.302 e. The van der Waals surface area contributed by atoms with Gasteiger partial charge in [0.05, 0.1) is 13.2 Å². The molecule has 4 nitrogen and oxygen atoms in total. The third kappa shape index (κ3) is 18.9. The number of unbranched alkanes of at least 4 members (excludes halogenated alkanes) is 10. The molecule has 0 heterocycles. The normalized spacial score (nSPS) is 11.4. The summed E-state index contributed by atoms with van der Waals surface area (Å²) in [5.74, 6) is 0. The van der Waals surface area contributed by atoms with Crippen LogP contribution in [-0.2, 0) is 35.3 Å². The van der Waals surface area contributed by atoms with Crippen molar-refractivity contribution >= 4 is 7.82 Å². The van der Waals surface area contributed by atoms with E-state index >= 15 is 0 Å². The molecule has 0 radical (unpaired) electrons. The number of hydrogen-bond donors (Lipinski definition) is 1. The van der Waals surface area contributed by atoms with Gasteiger partial charge in [0, 0.05) is 21.7 Å². The second kappa shape index (κ2) is 18.2. The van der Waals surface area contributed by atoms with Gasteiger partial charge < -0.3 is 4.89 Å². The van der Waals surface area contributed by atoms with Gasteiger partial charge in [0.25, 0.3) is 0 Å². The van der Waals surface area contributed by atoms with Crippen LogP contribution in [0, 0.1) is 0 Å². The van der Waals surface area contributed by atoms with Crippen LogP contribution >= 0.6 is 7.82 Å². The monoisotopic (exact) mass is 370 g/mol. The fourth-order valence-electron chi connectivity index (χ4n) is 2.16. The fourth-order valence-corrected chi connectivity index (χ4v) is 2.96. The van der Waals surface area contributed by atoms with Crippen molar-refractivity contribution in [3.8, 4) is 0 Å². The number of rotatable bonds is 16. The summed E-state index contributed by atoms with van der Waals surface area (Å²) in [6, 6.07) is 0. The topological polar surface area (TPSA) is 55.8 Å². The van der Waals surface area contributed by atoms with Crippen molar-refractivity contribution in [1.29, 1.82) is 0 Å². The maximum atomic E-state index is 11.6. The minimum atomic E-state index is -3.82. The molecule has 0 atom stereocenters. The molecule has 0 saturated heterocycles. The zero-order valence-corrected chi connectivity index (χ0v) is 17.0. The Labute approximate surface area is 152 Å². The minimum Gasteiger partial charge on any atom is -0.302 e. The molecule has 0 aromatic heterocycles. The van der Waals surface area contributed by atoms with E-state index in [0.29, 0.717) is 13.2 Å². The van der Waals surface area contributed by atoms with Gasteiger partial charge in [-0.1, -0.05) is 78.1 Å². The van der Waals surface area contributed by atoms with Gasteiger partial charge >= 0.3 is 7.82 Å². The summed E-state index contributed by atoms with van der Waals surface area (Å²) in [5.41, 5.74) is 0. The molecule has 1 N–H and O–H groups in total. The number of hydrogen-bond acceptors (Lipinski definition) is 3. The summed E-state index contributed by atoms with van der Waals surface area (Å²) in [5, 5.41) is 0. The first kappa shape index (κ1) is 25.1. The summed E-state index contributed by atoms with van der Waals surface area (Å²) < 4.78 is 21.5. The van der Waals surface area contributed by atoms with Crippen LogP contribution in [0.5, 0.6) is 0 Å². The molecule has 0 aromatic rings. The third-order valence-corrected chi connectivity index (χ3v) is 4.52. The Morgan fingerprint density at radius 1 is 0.682 bits per heavy atom. The Morgan fingerprint density at radius 3 is 1.36 bits per heavy atom. The molecule has 0 bridgehead atoms. The summed E-state index contributed by atoms with van der Waals surface area (Å²) in [6.45, 7) is 5.01. The molecule has 0 saturated carbocycles. The first-order valence-corrected chi connectivity index (χ1v) is 10.2. The quantitative estimate of drug-likeness (QED) is 0.211. The van der Waals surface area contributed by atoms with E-state index in [2.05, 4.69) is 13.8 Å². The number of phosphoric acid groups is 1. The standard InChI is InChI=1S/C16H35O4P.Ti/c1-3-5-7-9-11-13-15-19-21(17,18)20-16-14-12-10-8-6-4-2;/h3-16H2,1-2H3,(H,17,18);. The van der Waals surface area contributed by atoms with Gasteiger partial charge in [0.1, 0.15) is 0 Å². The van der Waals surface area contributed by atoms with Crippen LogP contribution in [0.2, 0.25) is 0 Å². The predicted octanol–water partition coefficient (Wildman–Crippen LogP) is 5.84. The van der Waals surface area contributed by atoms with Crippen molar-refractivity contribution in [2.24, 2.45) is 0 Å². The maximum absolute atomic E-state index is 11.6.